The zero-order chi connectivity index (χ0) is 19.3. The molecule has 0 aliphatic carbocycles. The Kier molecular flexibility index (Phi) is 5.27. The van der Waals surface area contributed by atoms with Gasteiger partial charge in [0.25, 0.3) is 0 Å². The fourth-order valence-electron chi connectivity index (χ4n) is 3.21. The van der Waals surface area contributed by atoms with E-state index in [2.05, 4.69) is 20.0 Å². The maximum absolute atomic E-state index is 13.0. The molecule has 1 fully saturated rings. The van der Waals surface area contributed by atoms with Crippen LogP contribution in [-0.4, -0.2) is 52.1 Å². The number of aryl methyl sites for hydroxylation is 1. The molecule has 144 valence electrons. The molecule has 0 unspecified atom stereocenters. The summed E-state index contributed by atoms with van der Waals surface area (Å²) in [5.41, 5.74) is 1.80. The Morgan fingerprint density at radius 1 is 1.04 bits per heavy atom. The number of carbonyl (C=O) groups excluding carboxylic acids is 1. The summed E-state index contributed by atoms with van der Waals surface area (Å²) >= 11 is 0. The Hall–Kier alpha value is -3.29. The third-order valence-electron chi connectivity index (χ3n) is 4.78. The van der Waals surface area contributed by atoms with E-state index in [1.165, 1.54) is 12.1 Å². The maximum Gasteiger partial charge on any atom is 0.227 e. The summed E-state index contributed by atoms with van der Waals surface area (Å²) in [5.74, 6) is 0.564. The third kappa shape index (κ3) is 4.16. The van der Waals surface area contributed by atoms with E-state index in [-0.39, 0.29) is 11.7 Å². The van der Waals surface area contributed by atoms with Crippen molar-refractivity contribution in [1.29, 1.82) is 0 Å². The predicted molar refractivity (Wildman–Crippen MR) is 101 cm³/mol. The number of aromatic nitrogens is 3. The van der Waals surface area contributed by atoms with Gasteiger partial charge in [-0.3, -0.25) is 9.78 Å². The van der Waals surface area contributed by atoms with Gasteiger partial charge < -0.3 is 14.3 Å². The Morgan fingerprint density at radius 3 is 2.46 bits per heavy atom. The zero-order valence-corrected chi connectivity index (χ0v) is 15.3. The molecule has 0 spiro atoms. The lowest BCUT2D eigenvalue weighted by atomic mass is 10.2. The van der Waals surface area contributed by atoms with Crippen LogP contribution in [0.3, 0.4) is 0 Å². The van der Waals surface area contributed by atoms with Gasteiger partial charge in [0.1, 0.15) is 5.82 Å². The third-order valence-corrected chi connectivity index (χ3v) is 4.78. The van der Waals surface area contributed by atoms with Gasteiger partial charge in [0.05, 0.1) is 0 Å². The molecule has 2 aromatic heterocycles. The van der Waals surface area contributed by atoms with Crippen LogP contribution >= 0.6 is 0 Å². The average molecular weight is 381 g/mol. The average Bonchev–Trinajstić information content (AvgIpc) is 3.22. The molecule has 7 nitrogen and oxygen atoms in total. The van der Waals surface area contributed by atoms with Crippen molar-refractivity contribution in [3.63, 3.8) is 0 Å². The number of pyridine rings is 1. The molecule has 1 saturated heterocycles. The molecule has 0 saturated carbocycles. The molecule has 1 aliphatic rings. The topological polar surface area (TPSA) is 75.4 Å². The molecule has 3 aromatic rings. The number of benzene rings is 1. The van der Waals surface area contributed by atoms with E-state index in [0.29, 0.717) is 43.2 Å². The number of carbonyl (C=O) groups is 1. The first kappa shape index (κ1) is 18.1. The highest BCUT2D eigenvalue weighted by Crippen LogP contribution is 2.18. The monoisotopic (exact) mass is 381 g/mol. The first-order valence-corrected chi connectivity index (χ1v) is 9.20. The van der Waals surface area contributed by atoms with E-state index in [1.54, 1.807) is 24.5 Å². The van der Waals surface area contributed by atoms with Crippen LogP contribution in [0.5, 0.6) is 0 Å². The van der Waals surface area contributed by atoms with Crippen LogP contribution in [0.15, 0.2) is 53.3 Å². The second-order valence-corrected chi connectivity index (χ2v) is 6.59. The summed E-state index contributed by atoms with van der Waals surface area (Å²) < 4.78 is 18.2. The van der Waals surface area contributed by atoms with Crippen molar-refractivity contribution in [2.24, 2.45) is 0 Å². The van der Waals surface area contributed by atoms with Gasteiger partial charge in [-0.1, -0.05) is 5.16 Å². The largest absolute Gasteiger partial charge is 0.368 e. The standard InChI is InChI=1S/C20H20FN5O2/c21-16-3-1-15(2-4-16)20-23-18(28-24-20)5-6-19(27)26-13-11-25(12-14-26)17-7-9-22-10-8-17/h1-4,7-10H,5-6,11-14H2. The van der Waals surface area contributed by atoms with Gasteiger partial charge in [-0.25, -0.2) is 4.39 Å². The van der Waals surface area contributed by atoms with Gasteiger partial charge in [-0.05, 0) is 36.4 Å². The fraction of sp³-hybridized carbons (Fsp3) is 0.300. The van der Waals surface area contributed by atoms with Crippen LogP contribution in [-0.2, 0) is 11.2 Å². The molecule has 4 rings (SSSR count). The first-order valence-electron chi connectivity index (χ1n) is 9.20. The number of anilines is 1. The highest BCUT2D eigenvalue weighted by Gasteiger charge is 2.21. The second-order valence-electron chi connectivity index (χ2n) is 6.59. The van der Waals surface area contributed by atoms with Crippen LogP contribution in [0.4, 0.5) is 10.1 Å². The van der Waals surface area contributed by atoms with E-state index in [0.717, 1.165) is 18.8 Å². The maximum atomic E-state index is 13.0. The number of halogens is 1. The summed E-state index contributed by atoms with van der Waals surface area (Å²) in [4.78, 5) is 24.9. The number of nitrogens with zero attached hydrogens (tertiary/aromatic N) is 5. The van der Waals surface area contributed by atoms with Gasteiger partial charge >= 0.3 is 0 Å². The Balaban J connectivity index is 1.28. The van der Waals surface area contributed by atoms with E-state index >= 15 is 0 Å². The van der Waals surface area contributed by atoms with Gasteiger partial charge in [-0.15, -0.1) is 0 Å². The molecule has 0 bridgehead atoms. The number of piperazine rings is 1. The molecular formula is C20H20FN5O2. The molecule has 0 atom stereocenters. The highest BCUT2D eigenvalue weighted by atomic mass is 19.1. The lowest BCUT2D eigenvalue weighted by molar-refractivity contribution is -0.131. The minimum Gasteiger partial charge on any atom is -0.368 e. The molecule has 0 radical (unpaired) electrons. The number of rotatable bonds is 5. The normalized spacial score (nSPS) is 14.3. The van der Waals surface area contributed by atoms with Crippen molar-refractivity contribution in [2.45, 2.75) is 12.8 Å². The SMILES string of the molecule is O=C(CCc1nc(-c2ccc(F)cc2)no1)N1CCN(c2ccncc2)CC1. The molecule has 1 aromatic carbocycles. The van der Waals surface area contributed by atoms with E-state index in [4.69, 9.17) is 4.52 Å². The van der Waals surface area contributed by atoms with Crippen LogP contribution in [0, 0.1) is 5.82 Å². The van der Waals surface area contributed by atoms with Crippen molar-refractivity contribution in [3.05, 3.63) is 60.5 Å². The van der Waals surface area contributed by atoms with Crippen molar-refractivity contribution < 1.29 is 13.7 Å². The minimum absolute atomic E-state index is 0.0795. The smallest absolute Gasteiger partial charge is 0.227 e. The number of amides is 1. The minimum atomic E-state index is -0.318. The van der Waals surface area contributed by atoms with Gasteiger partial charge in [0.2, 0.25) is 17.6 Å². The fourth-order valence-corrected chi connectivity index (χ4v) is 3.21. The van der Waals surface area contributed by atoms with Crippen molar-refractivity contribution in [3.8, 4) is 11.4 Å². The van der Waals surface area contributed by atoms with E-state index in [1.807, 2.05) is 17.0 Å². The molecule has 0 N–H and O–H groups in total. The molecule has 1 aliphatic heterocycles. The predicted octanol–water partition coefficient (Wildman–Crippen LogP) is 2.55. The lowest BCUT2D eigenvalue weighted by Gasteiger charge is -2.36. The van der Waals surface area contributed by atoms with Crippen molar-refractivity contribution in [1.82, 2.24) is 20.0 Å². The summed E-state index contributed by atoms with van der Waals surface area (Å²) in [7, 11) is 0. The quantitative estimate of drug-likeness (QED) is 0.676. The van der Waals surface area contributed by atoms with Crippen LogP contribution in [0.2, 0.25) is 0 Å². The number of hydrogen-bond donors (Lipinski definition) is 0. The summed E-state index contributed by atoms with van der Waals surface area (Å²) in [6.45, 7) is 2.97. The molecule has 3 heterocycles. The molecule has 28 heavy (non-hydrogen) atoms. The Labute approximate surface area is 161 Å². The first-order chi connectivity index (χ1) is 13.7. The second kappa shape index (κ2) is 8.16. The van der Waals surface area contributed by atoms with Gasteiger partial charge in [0, 0.05) is 62.7 Å². The highest BCUT2D eigenvalue weighted by molar-refractivity contribution is 5.76. The van der Waals surface area contributed by atoms with Crippen LogP contribution < -0.4 is 4.90 Å². The molecule has 8 heteroatoms. The summed E-state index contributed by atoms with van der Waals surface area (Å²) in [6, 6.07) is 9.84. The van der Waals surface area contributed by atoms with Crippen molar-refractivity contribution in [2.75, 3.05) is 31.1 Å². The van der Waals surface area contributed by atoms with E-state index < -0.39 is 0 Å². The van der Waals surface area contributed by atoms with Crippen LogP contribution in [0.25, 0.3) is 11.4 Å². The van der Waals surface area contributed by atoms with Gasteiger partial charge in [0.15, 0.2) is 0 Å². The molecular weight excluding hydrogens is 361 g/mol. The Bertz CT molecular complexity index is 921. The van der Waals surface area contributed by atoms with Gasteiger partial charge in [-0.2, -0.15) is 4.98 Å². The number of hydrogen-bond acceptors (Lipinski definition) is 6. The Morgan fingerprint density at radius 2 is 1.75 bits per heavy atom. The van der Waals surface area contributed by atoms with Crippen molar-refractivity contribution >= 4 is 11.6 Å². The lowest BCUT2D eigenvalue weighted by Crippen LogP contribution is -2.48. The van der Waals surface area contributed by atoms with Crippen LogP contribution in [0.1, 0.15) is 12.3 Å². The molecule has 1 amide bonds. The summed E-state index contributed by atoms with van der Waals surface area (Å²) in [6.07, 6.45) is 4.26. The zero-order valence-electron chi connectivity index (χ0n) is 15.3. The van der Waals surface area contributed by atoms with E-state index in [9.17, 15) is 9.18 Å². The summed E-state index contributed by atoms with van der Waals surface area (Å²) in [5, 5.41) is 3.90.